The predicted octanol–water partition coefficient (Wildman–Crippen LogP) is 9.51. The van der Waals surface area contributed by atoms with Gasteiger partial charge in [0.1, 0.15) is 11.5 Å². The number of rotatable bonds is 5. The molecule has 0 saturated carbocycles. The quantitative estimate of drug-likeness (QED) is 0.344. The summed E-state index contributed by atoms with van der Waals surface area (Å²) in [5, 5.41) is 0. The average Bonchev–Trinajstić information content (AvgIpc) is 2.78. The van der Waals surface area contributed by atoms with E-state index in [1.54, 1.807) is 0 Å². The Morgan fingerprint density at radius 2 is 0.949 bits per heavy atom. The summed E-state index contributed by atoms with van der Waals surface area (Å²) in [7, 11) is -1.41. The maximum atomic E-state index is 7.05. The van der Waals surface area contributed by atoms with Gasteiger partial charge in [0.25, 0.3) is 0 Å². The standard InChI is InChI=1S/C34H54NO3P/c1-23-19-25(31(3,4)5)21-27(33(9,10)11)29(23)37-39(35-15-17-36-18-16-35)38-30-24(2)20-26(32(6,7)8)22-28(30)34(12,13)14/h19-22H,15-18H2,1-14H3. The van der Waals surface area contributed by atoms with E-state index < -0.39 is 8.53 Å². The highest BCUT2D eigenvalue weighted by molar-refractivity contribution is 7.45. The number of hydrogen-bond acceptors (Lipinski definition) is 4. The van der Waals surface area contributed by atoms with Gasteiger partial charge in [0.05, 0.1) is 13.2 Å². The van der Waals surface area contributed by atoms with E-state index in [9.17, 15) is 0 Å². The molecule has 1 aliphatic rings. The smallest absolute Gasteiger partial charge is 0.384 e. The minimum absolute atomic E-state index is 0.0578. The highest BCUT2D eigenvalue weighted by atomic mass is 31.2. The van der Waals surface area contributed by atoms with Crippen molar-refractivity contribution in [2.75, 3.05) is 26.3 Å². The summed E-state index contributed by atoms with van der Waals surface area (Å²) in [6.45, 7) is 34.6. The second-order valence-electron chi connectivity index (χ2n) is 15.3. The average molecular weight is 556 g/mol. The zero-order chi connectivity index (χ0) is 29.6. The Morgan fingerprint density at radius 3 is 1.26 bits per heavy atom. The minimum atomic E-state index is -1.41. The van der Waals surface area contributed by atoms with Crippen molar-refractivity contribution in [1.29, 1.82) is 0 Å². The lowest BCUT2D eigenvalue weighted by Crippen LogP contribution is -2.35. The van der Waals surface area contributed by atoms with Crippen molar-refractivity contribution in [2.45, 2.75) is 119 Å². The molecular formula is C34H54NO3P. The molecule has 1 saturated heterocycles. The SMILES string of the molecule is Cc1cc(C(C)(C)C)cc(C(C)(C)C)c1OP(Oc1c(C)cc(C(C)(C)C)cc1C(C)(C)C)N1CCOCC1. The van der Waals surface area contributed by atoms with Crippen LogP contribution in [0, 0.1) is 13.8 Å². The fraction of sp³-hybridized carbons (Fsp3) is 0.647. The van der Waals surface area contributed by atoms with Gasteiger partial charge in [0.2, 0.25) is 0 Å². The molecule has 1 aliphatic heterocycles. The van der Waals surface area contributed by atoms with Crippen molar-refractivity contribution >= 4 is 8.53 Å². The number of nitrogens with zero attached hydrogens (tertiary/aromatic N) is 1. The number of benzene rings is 2. The molecule has 5 heteroatoms. The van der Waals surface area contributed by atoms with Gasteiger partial charge in [-0.2, -0.15) is 0 Å². The number of morpholine rings is 1. The van der Waals surface area contributed by atoms with Gasteiger partial charge in [-0.15, -0.1) is 0 Å². The summed E-state index contributed by atoms with van der Waals surface area (Å²) in [6.07, 6.45) is 0. The normalized spacial score (nSPS) is 16.1. The van der Waals surface area contributed by atoms with Crippen LogP contribution >= 0.6 is 8.53 Å². The van der Waals surface area contributed by atoms with E-state index >= 15 is 0 Å². The predicted molar refractivity (Wildman–Crippen MR) is 168 cm³/mol. The van der Waals surface area contributed by atoms with E-state index in [0.29, 0.717) is 13.2 Å². The second kappa shape index (κ2) is 11.3. The molecule has 0 aliphatic carbocycles. The molecular weight excluding hydrogens is 501 g/mol. The molecule has 2 aromatic carbocycles. The van der Waals surface area contributed by atoms with Crippen molar-refractivity contribution in [3.05, 3.63) is 57.6 Å². The fourth-order valence-electron chi connectivity index (χ4n) is 4.78. The Bertz CT molecular complexity index is 1070. The molecule has 0 aromatic heterocycles. The van der Waals surface area contributed by atoms with E-state index in [4.69, 9.17) is 13.8 Å². The van der Waals surface area contributed by atoms with Gasteiger partial charge >= 0.3 is 8.53 Å². The Kier molecular flexibility index (Phi) is 9.28. The Hall–Kier alpha value is -1.61. The van der Waals surface area contributed by atoms with Crippen molar-refractivity contribution in [3.8, 4) is 11.5 Å². The molecule has 39 heavy (non-hydrogen) atoms. The maximum Gasteiger partial charge on any atom is 0.384 e. The van der Waals surface area contributed by atoms with E-state index in [2.05, 4.69) is 126 Å². The van der Waals surface area contributed by atoms with Gasteiger partial charge in [-0.05, 0) is 57.8 Å². The third-order valence-electron chi connectivity index (χ3n) is 7.45. The summed E-state index contributed by atoms with van der Waals surface area (Å²) < 4.78 is 22.2. The van der Waals surface area contributed by atoms with Gasteiger partial charge in [0.15, 0.2) is 0 Å². The van der Waals surface area contributed by atoms with Crippen molar-refractivity contribution < 1.29 is 13.8 Å². The lowest BCUT2D eigenvalue weighted by Gasteiger charge is -2.36. The third kappa shape index (κ3) is 7.78. The number of ether oxygens (including phenoxy) is 1. The van der Waals surface area contributed by atoms with Crippen LogP contribution in [0.15, 0.2) is 24.3 Å². The zero-order valence-electron chi connectivity index (χ0n) is 27.3. The number of aryl methyl sites for hydroxylation is 2. The second-order valence-corrected chi connectivity index (χ2v) is 16.7. The largest absolute Gasteiger partial charge is 0.426 e. The van der Waals surface area contributed by atoms with E-state index in [1.807, 2.05) is 0 Å². The highest BCUT2D eigenvalue weighted by Crippen LogP contribution is 2.51. The molecule has 218 valence electrons. The van der Waals surface area contributed by atoms with Crippen LogP contribution in [0.3, 0.4) is 0 Å². The summed E-state index contributed by atoms with van der Waals surface area (Å²) >= 11 is 0. The third-order valence-corrected chi connectivity index (χ3v) is 8.99. The van der Waals surface area contributed by atoms with Crippen LogP contribution in [0.1, 0.15) is 116 Å². The van der Waals surface area contributed by atoms with Gasteiger partial charge in [-0.3, -0.25) is 0 Å². The molecule has 0 N–H and O–H groups in total. The highest BCUT2D eigenvalue weighted by Gasteiger charge is 2.34. The van der Waals surface area contributed by atoms with Crippen LogP contribution in [0.25, 0.3) is 0 Å². The van der Waals surface area contributed by atoms with Crippen LogP contribution in [0.2, 0.25) is 0 Å². The molecule has 1 heterocycles. The van der Waals surface area contributed by atoms with Crippen LogP contribution in [-0.4, -0.2) is 31.0 Å². The molecule has 0 unspecified atom stereocenters. The number of hydrogen-bond donors (Lipinski definition) is 0. The van der Waals surface area contributed by atoms with Crippen molar-refractivity contribution in [2.24, 2.45) is 0 Å². The molecule has 0 amide bonds. The van der Waals surface area contributed by atoms with Gasteiger partial charge < -0.3 is 13.8 Å². The van der Waals surface area contributed by atoms with Gasteiger partial charge in [-0.25, -0.2) is 4.67 Å². The van der Waals surface area contributed by atoms with Crippen LogP contribution in [-0.2, 0) is 26.4 Å². The molecule has 2 aromatic rings. The van der Waals surface area contributed by atoms with Crippen LogP contribution in [0.5, 0.6) is 11.5 Å². The molecule has 0 radical (unpaired) electrons. The van der Waals surface area contributed by atoms with Crippen molar-refractivity contribution in [1.82, 2.24) is 4.67 Å². The maximum absolute atomic E-state index is 7.05. The monoisotopic (exact) mass is 555 g/mol. The van der Waals surface area contributed by atoms with Crippen LogP contribution in [0.4, 0.5) is 0 Å². The topological polar surface area (TPSA) is 30.9 Å². The molecule has 1 fully saturated rings. The first-order valence-corrected chi connectivity index (χ1v) is 15.6. The summed E-state index contributed by atoms with van der Waals surface area (Å²) in [6, 6.07) is 9.28. The Balaban J connectivity index is 2.16. The summed E-state index contributed by atoms with van der Waals surface area (Å²) in [5.74, 6) is 1.91. The summed E-state index contributed by atoms with van der Waals surface area (Å²) in [5.41, 5.74) is 7.41. The zero-order valence-corrected chi connectivity index (χ0v) is 28.2. The molecule has 0 spiro atoms. The molecule has 0 bridgehead atoms. The first-order chi connectivity index (χ1) is 17.7. The molecule has 4 nitrogen and oxygen atoms in total. The minimum Gasteiger partial charge on any atom is -0.426 e. The van der Waals surface area contributed by atoms with Gasteiger partial charge in [0, 0.05) is 24.2 Å². The fourth-order valence-corrected chi connectivity index (χ4v) is 6.33. The van der Waals surface area contributed by atoms with E-state index in [-0.39, 0.29) is 21.7 Å². The van der Waals surface area contributed by atoms with E-state index in [0.717, 1.165) is 35.7 Å². The van der Waals surface area contributed by atoms with E-state index in [1.165, 1.54) is 22.3 Å². The Morgan fingerprint density at radius 1 is 0.590 bits per heavy atom. The first-order valence-electron chi connectivity index (χ1n) is 14.5. The van der Waals surface area contributed by atoms with Gasteiger partial charge in [-0.1, -0.05) is 107 Å². The van der Waals surface area contributed by atoms with Crippen molar-refractivity contribution in [3.63, 3.8) is 0 Å². The van der Waals surface area contributed by atoms with Crippen LogP contribution < -0.4 is 9.05 Å². The summed E-state index contributed by atoms with van der Waals surface area (Å²) in [4.78, 5) is 0. The molecule has 0 atom stereocenters. The lowest BCUT2D eigenvalue weighted by atomic mass is 9.79. The lowest BCUT2D eigenvalue weighted by molar-refractivity contribution is 0.0683. The Labute approximate surface area is 240 Å². The molecule has 3 rings (SSSR count). The first kappa shape index (κ1) is 31.9.